The SMILES string of the molecule is CN=C(NCc1csc(CCc2ccccc2)n1)N1CCN(Cc2ccon2)CC1.I. The van der Waals surface area contributed by atoms with Crippen molar-refractivity contribution in [2.75, 3.05) is 33.2 Å². The average Bonchev–Trinajstić information content (AvgIpc) is 3.47. The lowest BCUT2D eigenvalue weighted by molar-refractivity contribution is 0.169. The van der Waals surface area contributed by atoms with Gasteiger partial charge in [0.1, 0.15) is 6.26 Å². The smallest absolute Gasteiger partial charge is 0.194 e. The zero-order valence-corrected chi connectivity index (χ0v) is 20.9. The first-order valence-corrected chi connectivity index (χ1v) is 11.2. The van der Waals surface area contributed by atoms with E-state index in [9.17, 15) is 0 Å². The van der Waals surface area contributed by atoms with Gasteiger partial charge in [-0.2, -0.15) is 0 Å². The minimum atomic E-state index is 0. The summed E-state index contributed by atoms with van der Waals surface area (Å²) in [4.78, 5) is 14.0. The lowest BCUT2D eigenvalue weighted by Gasteiger charge is -2.36. The van der Waals surface area contributed by atoms with E-state index in [1.807, 2.05) is 13.1 Å². The Bertz CT molecular complexity index is 923. The summed E-state index contributed by atoms with van der Waals surface area (Å²) in [5.41, 5.74) is 3.42. The van der Waals surface area contributed by atoms with Crippen LogP contribution in [0.3, 0.4) is 0 Å². The minimum absolute atomic E-state index is 0. The quantitative estimate of drug-likeness (QED) is 0.275. The molecule has 3 heterocycles. The lowest BCUT2D eigenvalue weighted by atomic mass is 10.1. The molecule has 2 aromatic heterocycles. The number of aromatic nitrogens is 2. The predicted octanol–water partition coefficient (Wildman–Crippen LogP) is 3.43. The van der Waals surface area contributed by atoms with E-state index in [0.717, 1.165) is 62.9 Å². The molecule has 0 radical (unpaired) electrons. The van der Waals surface area contributed by atoms with Crippen LogP contribution in [0, 0.1) is 0 Å². The van der Waals surface area contributed by atoms with Crippen LogP contribution in [0.2, 0.25) is 0 Å². The van der Waals surface area contributed by atoms with Gasteiger partial charge in [0.2, 0.25) is 0 Å². The van der Waals surface area contributed by atoms with Crippen molar-refractivity contribution in [2.45, 2.75) is 25.9 Å². The van der Waals surface area contributed by atoms with Crippen molar-refractivity contribution in [3.8, 4) is 0 Å². The molecule has 1 saturated heterocycles. The molecule has 166 valence electrons. The van der Waals surface area contributed by atoms with Gasteiger partial charge < -0.3 is 14.7 Å². The zero-order chi connectivity index (χ0) is 20.6. The first-order chi connectivity index (χ1) is 14.8. The highest BCUT2D eigenvalue weighted by Crippen LogP contribution is 2.14. The Morgan fingerprint density at radius 3 is 2.61 bits per heavy atom. The maximum atomic E-state index is 4.92. The third-order valence-electron chi connectivity index (χ3n) is 5.26. The fraction of sp³-hybridized carbons (Fsp3) is 0.409. The van der Waals surface area contributed by atoms with Gasteiger partial charge in [-0.15, -0.1) is 35.3 Å². The molecule has 0 amide bonds. The van der Waals surface area contributed by atoms with E-state index in [2.05, 4.69) is 61.0 Å². The number of benzene rings is 1. The fourth-order valence-corrected chi connectivity index (χ4v) is 4.41. The number of guanidine groups is 1. The molecule has 4 rings (SSSR count). The molecule has 1 aliphatic heterocycles. The van der Waals surface area contributed by atoms with Crippen LogP contribution in [0.25, 0.3) is 0 Å². The number of piperazine rings is 1. The van der Waals surface area contributed by atoms with Crippen molar-refractivity contribution in [2.24, 2.45) is 4.99 Å². The summed E-state index contributed by atoms with van der Waals surface area (Å²) in [7, 11) is 1.84. The monoisotopic (exact) mass is 552 g/mol. The van der Waals surface area contributed by atoms with Crippen LogP contribution in [0.15, 0.2) is 57.6 Å². The number of thiazole rings is 1. The van der Waals surface area contributed by atoms with Crippen LogP contribution in [0.1, 0.15) is 22.0 Å². The molecule has 0 bridgehead atoms. The fourth-order valence-electron chi connectivity index (χ4n) is 3.61. The van der Waals surface area contributed by atoms with Crippen molar-refractivity contribution in [3.05, 3.63) is 70.0 Å². The van der Waals surface area contributed by atoms with Crippen molar-refractivity contribution in [3.63, 3.8) is 0 Å². The molecule has 1 fully saturated rings. The molecular formula is C22H29IN6OS. The van der Waals surface area contributed by atoms with E-state index >= 15 is 0 Å². The van der Waals surface area contributed by atoms with Gasteiger partial charge in [0, 0.05) is 57.6 Å². The molecule has 0 saturated carbocycles. The molecule has 1 N–H and O–H groups in total. The van der Waals surface area contributed by atoms with E-state index in [1.165, 1.54) is 10.6 Å². The van der Waals surface area contributed by atoms with Gasteiger partial charge in [0.25, 0.3) is 0 Å². The summed E-state index contributed by atoms with van der Waals surface area (Å²) in [6, 6.07) is 12.5. The molecule has 0 spiro atoms. The number of halogens is 1. The van der Waals surface area contributed by atoms with Crippen LogP contribution in [0.4, 0.5) is 0 Å². The minimum Gasteiger partial charge on any atom is -0.364 e. The number of aryl methyl sites for hydroxylation is 2. The number of nitrogens with one attached hydrogen (secondary N) is 1. The predicted molar refractivity (Wildman–Crippen MR) is 135 cm³/mol. The maximum absolute atomic E-state index is 4.92. The molecule has 1 aromatic carbocycles. The van der Waals surface area contributed by atoms with Gasteiger partial charge in [-0.1, -0.05) is 35.5 Å². The highest BCUT2D eigenvalue weighted by molar-refractivity contribution is 14.0. The van der Waals surface area contributed by atoms with E-state index in [0.29, 0.717) is 6.54 Å². The van der Waals surface area contributed by atoms with Crippen LogP contribution >= 0.6 is 35.3 Å². The second-order valence-electron chi connectivity index (χ2n) is 7.37. The molecule has 1 aliphatic rings. The second-order valence-corrected chi connectivity index (χ2v) is 8.32. The standard InChI is InChI=1S/C22H28N6OS.HI/c1-23-22(28-12-10-27(11-13-28)16-19-9-14-29-26-19)24-15-20-17-30-21(25-20)8-7-18-5-3-2-4-6-18;/h2-6,9,14,17H,7-8,10-13,15-16H2,1H3,(H,23,24);1H. The Labute approximate surface area is 204 Å². The van der Waals surface area contributed by atoms with E-state index in [-0.39, 0.29) is 24.0 Å². The summed E-state index contributed by atoms with van der Waals surface area (Å²) in [6.45, 7) is 5.38. The van der Waals surface area contributed by atoms with Gasteiger partial charge in [-0.05, 0) is 12.0 Å². The topological polar surface area (TPSA) is 69.8 Å². The molecule has 0 aliphatic carbocycles. The Balaban J connectivity index is 0.00000272. The van der Waals surface area contributed by atoms with Crippen molar-refractivity contribution in [1.29, 1.82) is 0 Å². The largest absolute Gasteiger partial charge is 0.364 e. The number of nitrogens with zero attached hydrogens (tertiary/aromatic N) is 5. The van der Waals surface area contributed by atoms with Gasteiger partial charge in [-0.25, -0.2) is 4.98 Å². The van der Waals surface area contributed by atoms with E-state index in [1.54, 1.807) is 17.6 Å². The maximum Gasteiger partial charge on any atom is 0.194 e. The van der Waals surface area contributed by atoms with Gasteiger partial charge >= 0.3 is 0 Å². The second kappa shape index (κ2) is 12.2. The number of rotatable bonds is 7. The van der Waals surface area contributed by atoms with Crippen molar-refractivity contribution >= 4 is 41.3 Å². The number of hydrogen-bond donors (Lipinski definition) is 1. The third kappa shape index (κ3) is 7.01. The Morgan fingerprint density at radius 1 is 1.10 bits per heavy atom. The molecule has 0 atom stereocenters. The molecule has 3 aromatic rings. The number of hydrogen-bond acceptors (Lipinski definition) is 6. The first-order valence-electron chi connectivity index (χ1n) is 10.3. The van der Waals surface area contributed by atoms with Gasteiger partial charge in [0.05, 0.1) is 22.9 Å². The summed E-state index contributed by atoms with van der Waals surface area (Å²) in [5.74, 6) is 0.940. The molecule has 9 heteroatoms. The van der Waals surface area contributed by atoms with Crippen LogP contribution in [0.5, 0.6) is 0 Å². The van der Waals surface area contributed by atoms with E-state index < -0.39 is 0 Å². The average molecular weight is 552 g/mol. The molecule has 31 heavy (non-hydrogen) atoms. The van der Waals surface area contributed by atoms with Crippen molar-refractivity contribution < 1.29 is 4.52 Å². The Morgan fingerprint density at radius 2 is 1.90 bits per heavy atom. The highest BCUT2D eigenvalue weighted by Gasteiger charge is 2.20. The van der Waals surface area contributed by atoms with Crippen LogP contribution in [-0.2, 0) is 25.9 Å². The normalized spacial score (nSPS) is 15.0. The summed E-state index contributed by atoms with van der Waals surface area (Å²) >= 11 is 1.74. The zero-order valence-electron chi connectivity index (χ0n) is 17.7. The summed E-state index contributed by atoms with van der Waals surface area (Å²) in [5, 5.41) is 10.8. The lowest BCUT2D eigenvalue weighted by Crippen LogP contribution is -2.52. The van der Waals surface area contributed by atoms with Crippen molar-refractivity contribution in [1.82, 2.24) is 25.3 Å². The van der Waals surface area contributed by atoms with Gasteiger partial charge in [0.15, 0.2) is 5.96 Å². The Hall–Kier alpha value is -1.98. The number of aliphatic imine (C=N–C) groups is 1. The van der Waals surface area contributed by atoms with Crippen LogP contribution < -0.4 is 5.32 Å². The third-order valence-corrected chi connectivity index (χ3v) is 6.22. The summed E-state index contributed by atoms with van der Waals surface area (Å²) in [6.07, 6.45) is 3.64. The molecule has 0 unspecified atom stereocenters. The molecular weight excluding hydrogens is 523 g/mol. The summed E-state index contributed by atoms with van der Waals surface area (Å²) < 4.78 is 4.92. The van der Waals surface area contributed by atoms with Crippen LogP contribution in [-0.4, -0.2) is 59.1 Å². The first kappa shape index (κ1) is 23.7. The Kier molecular flexibility index (Phi) is 9.29. The highest BCUT2D eigenvalue weighted by atomic mass is 127. The van der Waals surface area contributed by atoms with E-state index in [4.69, 9.17) is 9.51 Å². The molecule has 7 nitrogen and oxygen atoms in total. The van der Waals surface area contributed by atoms with Gasteiger partial charge in [-0.3, -0.25) is 9.89 Å².